The summed E-state index contributed by atoms with van der Waals surface area (Å²) in [5.74, 6) is 0.501. The van der Waals surface area contributed by atoms with Crippen molar-refractivity contribution in [3.63, 3.8) is 0 Å². The van der Waals surface area contributed by atoms with Crippen molar-refractivity contribution in [2.24, 2.45) is 7.05 Å². The van der Waals surface area contributed by atoms with Crippen LogP contribution in [0.1, 0.15) is 31.2 Å². The van der Waals surface area contributed by atoms with Crippen molar-refractivity contribution in [3.05, 3.63) is 54.6 Å². The number of aryl methyl sites for hydroxylation is 2. The Balaban J connectivity index is 1.57. The summed E-state index contributed by atoms with van der Waals surface area (Å²) in [5, 5.41) is 0. The van der Waals surface area contributed by atoms with E-state index in [9.17, 15) is 4.79 Å². The molecule has 134 valence electrons. The number of rotatable bonds is 10. The van der Waals surface area contributed by atoms with Gasteiger partial charge in [0.2, 0.25) is 6.33 Å². The molecule has 0 N–H and O–H groups in total. The minimum Gasteiger partial charge on any atom is -0.494 e. The maximum atomic E-state index is 11.0. The first-order chi connectivity index (χ1) is 12.2. The third kappa shape index (κ3) is 7.25. The van der Waals surface area contributed by atoms with Crippen LogP contribution in [0.25, 0.3) is 6.08 Å². The number of nitrogens with zero attached hydrogens (tertiary/aromatic N) is 2. The Labute approximate surface area is 149 Å². The van der Waals surface area contributed by atoms with E-state index >= 15 is 0 Å². The predicted octanol–water partition coefficient (Wildman–Crippen LogP) is 3.14. The van der Waals surface area contributed by atoms with Crippen molar-refractivity contribution in [2.45, 2.75) is 32.2 Å². The fourth-order valence-corrected chi connectivity index (χ4v) is 2.48. The molecule has 1 aromatic heterocycles. The molecule has 0 radical (unpaired) electrons. The highest BCUT2D eigenvalue weighted by atomic mass is 16.5. The smallest absolute Gasteiger partial charge is 0.330 e. The van der Waals surface area contributed by atoms with Gasteiger partial charge in [-0.25, -0.2) is 13.9 Å². The number of methoxy groups -OCH3 is 1. The van der Waals surface area contributed by atoms with Crippen LogP contribution in [0.2, 0.25) is 0 Å². The molecule has 0 aliphatic rings. The van der Waals surface area contributed by atoms with Crippen molar-refractivity contribution in [3.8, 4) is 5.75 Å². The van der Waals surface area contributed by atoms with Crippen LogP contribution in [0, 0.1) is 0 Å². The van der Waals surface area contributed by atoms with E-state index < -0.39 is 0 Å². The minimum atomic E-state index is -0.356. The highest BCUT2D eigenvalue weighted by molar-refractivity contribution is 5.86. The van der Waals surface area contributed by atoms with Crippen LogP contribution in [0.4, 0.5) is 0 Å². The number of hydrogen-bond acceptors (Lipinski definition) is 3. The molecule has 0 unspecified atom stereocenters. The summed E-state index contributed by atoms with van der Waals surface area (Å²) in [6, 6.07) is 7.68. The largest absolute Gasteiger partial charge is 0.494 e. The molecule has 25 heavy (non-hydrogen) atoms. The summed E-state index contributed by atoms with van der Waals surface area (Å²) in [7, 11) is 3.40. The molecule has 0 bridgehead atoms. The Bertz CT molecular complexity index is 675. The van der Waals surface area contributed by atoms with Crippen LogP contribution in [0.5, 0.6) is 5.75 Å². The van der Waals surface area contributed by atoms with Crippen LogP contribution in [-0.4, -0.2) is 24.3 Å². The lowest BCUT2D eigenvalue weighted by molar-refractivity contribution is -0.671. The van der Waals surface area contributed by atoms with Crippen molar-refractivity contribution in [1.29, 1.82) is 0 Å². The zero-order chi connectivity index (χ0) is 17.9. The van der Waals surface area contributed by atoms with Gasteiger partial charge in [0, 0.05) is 6.08 Å². The monoisotopic (exact) mass is 343 g/mol. The van der Waals surface area contributed by atoms with Crippen LogP contribution in [-0.2, 0) is 23.1 Å². The van der Waals surface area contributed by atoms with Gasteiger partial charge in [-0.05, 0) is 49.5 Å². The number of esters is 1. The van der Waals surface area contributed by atoms with Gasteiger partial charge in [-0.15, -0.1) is 0 Å². The number of unbranched alkanes of at least 4 members (excludes halogenated alkanes) is 3. The number of hydrogen-bond donors (Lipinski definition) is 0. The summed E-state index contributed by atoms with van der Waals surface area (Å²) >= 11 is 0. The van der Waals surface area contributed by atoms with Gasteiger partial charge >= 0.3 is 5.97 Å². The summed E-state index contributed by atoms with van der Waals surface area (Å²) < 4.78 is 14.6. The maximum Gasteiger partial charge on any atom is 0.330 e. The van der Waals surface area contributed by atoms with Gasteiger partial charge in [0.25, 0.3) is 0 Å². The van der Waals surface area contributed by atoms with E-state index in [-0.39, 0.29) is 5.97 Å². The maximum absolute atomic E-state index is 11.0. The second-order valence-electron chi connectivity index (χ2n) is 6.01. The molecule has 5 nitrogen and oxygen atoms in total. The van der Waals surface area contributed by atoms with E-state index in [1.807, 2.05) is 31.3 Å². The number of ether oxygens (including phenoxy) is 2. The van der Waals surface area contributed by atoms with Crippen LogP contribution >= 0.6 is 0 Å². The third-order valence-electron chi connectivity index (χ3n) is 3.90. The number of carbonyl (C=O) groups excluding carboxylic acids is 1. The molecule has 1 aromatic carbocycles. The molecule has 5 heteroatoms. The minimum absolute atomic E-state index is 0.356. The SMILES string of the molecule is COC(=O)/C=C/c1ccc(OCCCCCCn2cc[n+](C)c2)cc1. The summed E-state index contributed by atoms with van der Waals surface area (Å²) in [6.45, 7) is 1.80. The highest BCUT2D eigenvalue weighted by Crippen LogP contribution is 2.14. The number of imidazole rings is 1. The Morgan fingerprint density at radius 2 is 1.92 bits per heavy atom. The molecule has 0 fully saturated rings. The van der Waals surface area contributed by atoms with Crippen molar-refractivity contribution >= 4 is 12.0 Å². The Morgan fingerprint density at radius 1 is 1.16 bits per heavy atom. The first kappa shape index (κ1) is 18.8. The highest BCUT2D eigenvalue weighted by Gasteiger charge is 2.00. The van der Waals surface area contributed by atoms with E-state index in [0.717, 1.165) is 30.9 Å². The molecule has 1 heterocycles. The summed E-state index contributed by atoms with van der Waals surface area (Å²) in [5.41, 5.74) is 0.941. The zero-order valence-electron chi connectivity index (χ0n) is 15.1. The second kappa shape index (κ2) is 10.3. The summed E-state index contributed by atoms with van der Waals surface area (Å²) in [4.78, 5) is 11.0. The molecule has 2 aromatic rings. The number of carbonyl (C=O) groups is 1. The van der Waals surface area contributed by atoms with Gasteiger partial charge < -0.3 is 9.47 Å². The lowest BCUT2D eigenvalue weighted by atomic mass is 10.2. The van der Waals surface area contributed by atoms with Gasteiger partial charge in [0.05, 0.1) is 27.3 Å². The van der Waals surface area contributed by atoms with E-state index in [4.69, 9.17) is 4.74 Å². The van der Waals surface area contributed by atoms with E-state index in [1.165, 1.54) is 32.4 Å². The van der Waals surface area contributed by atoms with Gasteiger partial charge in [-0.2, -0.15) is 0 Å². The fraction of sp³-hybridized carbons (Fsp3) is 0.400. The van der Waals surface area contributed by atoms with E-state index in [0.29, 0.717) is 0 Å². The quantitative estimate of drug-likeness (QED) is 0.288. The average molecular weight is 343 g/mol. The standard InChI is InChI=1S/C20H27N2O3/c1-21-14-15-22(17-21)13-5-3-4-6-16-25-19-10-7-18(8-11-19)9-12-20(23)24-2/h7-12,14-15,17H,3-6,13,16H2,1-2H3/q+1/b12-9+. The zero-order valence-corrected chi connectivity index (χ0v) is 15.1. The third-order valence-corrected chi connectivity index (χ3v) is 3.90. The van der Waals surface area contributed by atoms with Gasteiger partial charge in [0.1, 0.15) is 18.1 Å². The summed E-state index contributed by atoms with van der Waals surface area (Å²) in [6.07, 6.45) is 14.0. The molecule has 0 atom stereocenters. The Morgan fingerprint density at radius 3 is 2.60 bits per heavy atom. The van der Waals surface area contributed by atoms with Crippen LogP contribution in [0.15, 0.2) is 49.1 Å². The lowest BCUT2D eigenvalue weighted by Gasteiger charge is -2.06. The van der Waals surface area contributed by atoms with Crippen molar-refractivity contribution in [1.82, 2.24) is 4.57 Å². The molecule has 0 amide bonds. The topological polar surface area (TPSA) is 44.3 Å². The number of aromatic nitrogens is 2. The Hall–Kier alpha value is -2.56. The lowest BCUT2D eigenvalue weighted by Crippen LogP contribution is -2.23. The first-order valence-electron chi connectivity index (χ1n) is 8.67. The molecular weight excluding hydrogens is 316 g/mol. The van der Waals surface area contributed by atoms with Crippen LogP contribution in [0.3, 0.4) is 0 Å². The second-order valence-corrected chi connectivity index (χ2v) is 6.01. The molecular formula is C20H27N2O3+. The van der Waals surface area contributed by atoms with Crippen molar-refractivity contribution < 1.29 is 18.8 Å². The van der Waals surface area contributed by atoms with Crippen LogP contribution < -0.4 is 9.30 Å². The van der Waals surface area contributed by atoms with E-state index in [2.05, 4.69) is 32.6 Å². The normalized spacial score (nSPS) is 11.0. The van der Waals surface area contributed by atoms with E-state index in [1.54, 1.807) is 6.08 Å². The molecule has 0 saturated carbocycles. The van der Waals surface area contributed by atoms with Gasteiger partial charge in [-0.1, -0.05) is 12.1 Å². The predicted molar refractivity (Wildman–Crippen MR) is 97.1 cm³/mol. The van der Waals surface area contributed by atoms with Crippen molar-refractivity contribution in [2.75, 3.05) is 13.7 Å². The average Bonchev–Trinajstić information content (AvgIpc) is 3.05. The molecule has 2 rings (SSSR count). The molecule has 0 aliphatic heterocycles. The van der Waals surface area contributed by atoms with Gasteiger partial charge in [-0.3, -0.25) is 0 Å². The first-order valence-corrected chi connectivity index (χ1v) is 8.67. The molecule has 0 spiro atoms. The molecule has 0 aliphatic carbocycles. The fourth-order valence-electron chi connectivity index (χ4n) is 2.48. The number of benzene rings is 1. The Kier molecular flexibility index (Phi) is 7.76. The van der Waals surface area contributed by atoms with Gasteiger partial charge in [0.15, 0.2) is 0 Å². The molecule has 0 saturated heterocycles.